The van der Waals surface area contributed by atoms with Crippen molar-refractivity contribution in [3.63, 3.8) is 0 Å². The molecule has 0 saturated heterocycles. The van der Waals surface area contributed by atoms with Gasteiger partial charge in [-0.25, -0.2) is 0 Å². The summed E-state index contributed by atoms with van der Waals surface area (Å²) in [5, 5.41) is 10.6. The Morgan fingerprint density at radius 2 is 1.79 bits per heavy atom. The van der Waals surface area contributed by atoms with Crippen LogP contribution in [0, 0.1) is 5.92 Å². The first-order valence-electron chi connectivity index (χ1n) is 10.0. The van der Waals surface area contributed by atoms with Gasteiger partial charge in [0.1, 0.15) is 0 Å². The van der Waals surface area contributed by atoms with Crippen LogP contribution in [0.3, 0.4) is 0 Å². The first-order chi connectivity index (χ1) is 13.8. The molecule has 0 bridgehead atoms. The van der Waals surface area contributed by atoms with Gasteiger partial charge in [-0.3, -0.25) is 9.59 Å². The molecule has 7 nitrogen and oxygen atoms in total. The Morgan fingerprint density at radius 3 is 2.31 bits per heavy atom. The molecule has 2 rings (SSSR count). The van der Waals surface area contributed by atoms with E-state index in [1.807, 2.05) is 0 Å². The number of ketones is 1. The summed E-state index contributed by atoms with van der Waals surface area (Å²) in [6.45, 7) is 10.4. The van der Waals surface area contributed by atoms with Crippen LogP contribution in [-0.2, 0) is 9.59 Å². The molecule has 1 aromatic rings. The summed E-state index contributed by atoms with van der Waals surface area (Å²) in [7, 11) is 3.08. The minimum atomic E-state index is -0.659. The van der Waals surface area contributed by atoms with Crippen molar-refractivity contribution in [3.8, 4) is 11.5 Å². The number of benzene rings is 1. The Labute approximate surface area is 172 Å². The topological polar surface area (TPSA) is 79.3 Å². The molecule has 0 radical (unpaired) electrons. The number of hydrogen-bond donors (Lipinski definition) is 1. The van der Waals surface area contributed by atoms with E-state index in [1.165, 1.54) is 7.11 Å². The van der Waals surface area contributed by atoms with Gasteiger partial charge < -0.3 is 24.4 Å². The number of aliphatic hydroxyl groups excluding tert-OH is 1. The molecule has 1 aliphatic rings. The van der Waals surface area contributed by atoms with Gasteiger partial charge in [0, 0.05) is 19.0 Å². The maximum atomic E-state index is 12.9. The highest BCUT2D eigenvalue weighted by Gasteiger charge is 2.44. The Hall–Kier alpha value is -2.54. The highest BCUT2D eigenvalue weighted by Crippen LogP contribution is 2.41. The Bertz CT molecular complexity index is 783. The lowest BCUT2D eigenvalue weighted by Crippen LogP contribution is -2.38. The molecule has 160 valence electrons. The summed E-state index contributed by atoms with van der Waals surface area (Å²) < 4.78 is 10.7. The second kappa shape index (κ2) is 9.78. The predicted octanol–water partition coefficient (Wildman–Crippen LogP) is 2.97. The minimum Gasteiger partial charge on any atom is -0.503 e. The smallest absolute Gasteiger partial charge is 0.290 e. The Kier molecular flexibility index (Phi) is 7.67. The summed E-state index contributed by atoms with van der Waals surface area (Å²) >= 11 is 0. The van der Waals surface area contributed by atoms with E-state index < -0.39 is 17.7 Å². The molecule has 7 heteroatoms. The lowest BCUT2D eigenvalue weighted by Gasteiger charge is -2.30. The number of amides is 1. The molecular weight excluding hydrogens is 372 g/mol. The number of carbonyl (C=O) groups is 2. The van der Waals surface area contributed by atoms with Gasteiger partial charge in [-0.05, 0) is 30.8 Å². The van der Waals surface area contributed by atoms with E-state index in [4.69, 9.17) is 9.47 Å². The van der Waals surface area contributed by atoms with Crippen molar-refractivity contribution in [2.24, 2.45) is 5.92 Å². The van der Waals surface area contributed by atoms with Gasteiger partial charge in [0.2, 0.25) is 0 Å². The zero-order valence-corrected chi connectivity index (χ0v) is 18.2. The van der Waals surface area contributed by atoms with E-state index in [0.717, 1.165) is 13.1 Å². The summed E-state index contributed by atoms with van der Waals surface area (Å²) in [5.74, 6) is -0.487. The fraction of sp³-hybridized carbons (Fsp3) is 0.545. The molecule has 1 aromatic carbocycles. The normalized spacial score (nSPS) is 16.9. The lowest BCUT2D eigenvalue weighted by atomic mass is 9.91. The predicted molar refractivity (Wildman–Crippen MR) is 111 cm³/mol. The molecule has 1 N–H and O–H groups in total. The van der Waals surface area contributed by atoms with Crippen molar-refractivity contribution in [2.45, 2.75) is 33.7 Å². The largest absolute Gasteiger partial charge is 0.503 e. The van der Waals surface area contributed by atoms with Crippen LogP contribution in [0.1, 0.15) is 39.3 Å². The van der Waals surface area contributed by atoms with E-state index in [0.29, 0.717) is 30.2 Å². The van der Waals surface area contributed by atoms with Gasteiger partial charge >= 0.3 is 0 Å². The van der Waals surface area contributed by atoms with E-state index in [9.17, 15) is 14.7 Å². The van der Waals surface area contributed by atoms with Gasteiger partial charge in [-0.2, -0.15) is 0 Å². The number of hydrogen-bond acceptors (Lipinski definition) is 6. The van der Waals surface area contributed by atoms with E-state index in [-0.39, 0.29) is 17.3 Å². The van der Waals surface area contributed by atoms with Crippen LogP contribution in [0.4, 0.5) is 0 Å². The second-order valence-corrected chi connectivity index (χ2v) is 7.32. The molecule has 0 saturated carbocycles. The fourth-order valence-corrected chi connectivity index (χ4v) is 3.61. The molecule has 1 aliphatic heterocycles. The molecule has 1 amide bonds. The summed E-state index contributed by atoms with van der Waals surface area (Å²) in [5.41, 5.74) is 0.848. The Balaban J connectivity index is 2.52. The number of Topliss-reactive ketones (excluding diaryl/α,β-unsaturated/α-hetero) is 1. The van der Waals surface area contributed by atoms with E-state index >= 15 is 0 Å². The quantitative estimate of drug-likeness (QED) is 0.646. The van der Waals surface area contributed by atoms with Crippen molar-refractivity contribution >= 4 is 11.7 Å². The van der Waals surface area contributed by atoms with Crippen LogP contribution in [0.25, 0.3) is 0 Å². The average Bonchev–Trinajstić information content (AvgIpc) is 2.98. The van der Waals surface area contributed by atoms with Crippen LogP contribution in [0.2, 0.25) is 0 Å². The second-order valence-electron chi connectivity index (χ2n) is 7.32. The zero-order valence-electron chi connectivity index (χ0n) is 18.2. The van der Waals surface area contributed by atoms with Crippen LogP contribution >= 0.6 is 0 Å². The molecule has 0 fully saturated rings. The molecule has 1 heterocycles. The molecule has 0 spiro atoms. The number of rotatable bonds is 10. The molecule has 1 atom stereocenters. The molecular formula is C22H32N2O5. The van der Waals surface area contributed by atoms with E-state index in [2.05, 4.69) is 18.7 Å². The van der Waals surface area contributed by atoms with Gasteiger partial charge in [-0.1, -0.05) is 33.8 Å². The lowest BCUT2D eigenvalue weighted by molar-refractivity contribution is -0.129. The summed E-state index contributed by atoms with van der Waals surface area (Å²) in [4.78, 5) is 29.5. The Morgan fingerprint density at radius 1 is 1.17 bits per heavy atom. The first kappa shape index (κ1) is 22.7. The number of likely N-dealkylation sites (N-methyl/N-ethyl adjacent to an activating group) is 1. The third-order valence-corrected chi connectivity index (χ3v) is 5.37. The summed E-state index contributed by atoms with van der Waals surface area (Å²) in [6.07, 6.45) is 0. The molecule has 1 unspecified atom stereocenters. The minimum absolute atomic E-state index is 0.150. The average molecular weight is 405 g/mol. The standard InChI is InChI=1S/C22H32N2O5/c1-7-23(8-2)11-12-24-19(15-9-10-16(28-5)17(13-15)29-6)18(20(25)14(3)4)21(26)22(24)27/h9-10,13-14,19,26H,7-8,11-12H2,1-6H3. The van der Waals surface area contributed by atoms with E-state index in [1.54, 1.807) is 44.1 Å². The van der Waals surface area contributed by atoms with Gasteiger partial charge in [0.15, 0.2) is 23.0 Å². The van der Waals surface area contributed by atoms with Crippen LogP contribution in [0.5, 0.6) is 11.5 Å². The zero-order chi connectivity index (χ0) is 21.7. The van der Waals surface area contributed by atoms with Gasteiger partial charge in [-0.15, -0.1) is 0 Å². The fourth-order valence-electron chi connectivity index (χ4n) is 3.61. The number of methoxy groups -OCH3 is 2. The van der Waals surface area contributed by atoms with Gasteiger partial charge in [0.25, 0.3) is 5.91 Å². The monoisotopic (exact) mass is 404 g/mol. The van der Waals surface area contributed by atoms with Crippen molar-refractivity contribution in [2.75, 3.05) is 40.4 Å². The first-order valence-corrected chi connectivity index (χ1v) is 10.0. The van der Waals surface area contributed by atoms with Crippen molar-refractivity contribution in [3.05, 3.63) is 35.1 Å². The molecule has 0 aromatic heterocycles. The molecule has 0 aliphatic carbocycles. The third kappa shape index (κ3) is 4.56. The van der Waals surface area contributed by atoms with Crippen molar-refractivity contribution < 1.29 is 24.2 Å². The maximum absolute atomic E-state index is 12.9. The van der Waals surface area contributed by atoms with Crippen molar-refractivity contribution in [1.29, 1.82) is 0 Å². The molecule has 29 heavy (non-hydrogen) atoms. The highest BCUT2D eigenvalue weighted by molar-refractivity contribution is 6.09. The van der Waals surface area contributed by atoms with Crippen LogP contribution in [0.15, 0.2) is 29.5 Å². The number of ether oxygens (including phenoxy) is 2. The number of nitrogens with zero attached hydrogens (tertiary/aromatic N) is 2. The van der Waals surface area contributed by atoms with Gasteiger partial charge in [0.05, 0.1) is 25.8 Å². The third-order valence-electron chi connectivity index (χ3n) is 5.37. The SMILES string of the molecule is CCN(CC)CCN1C(=O)C(O)=C(C(=O)C(C)C)C1c1ccc(OC)c(OC)c1. The highest BCUT2D eigenvalue weighted by atomic mass is 16.5. The number of carbonyl (C=O) groups excluding carboxylic acids is 2. The van der Waals surface area contributed by atoms with Crippen molar-refractivity contribution in [1.82, 2.24) is 9.80 Å². The summed E-state index contributed by atoms with van der Waals surface area (Å²) in [6, 6.07) is 4.64. The van der Waals surface area contributed by atoms with Crippen LogP contribution in [-0.4, -0.2) is 67.0 Å². The number of aliphatic hydroxyl groups is 1. The van der Waals surface area contributed by atoms with Crippen LogP contribution < -0.4 is 9.47 Å². The maximum Gasteiger partial charge on any atom is 0.290 e.